The Morgan fingerprint density at radius 3 is 2.17 bits per heavy atom. The van der Waals surface area contributed by atoms with Crippen molar-refractivity contribution in [1.82, 2.24) is 20.8 Å². The normalized spacial score (nSPS) is 10.1. The molecule has 0 radical (unpaired) electrons. The maximum absolute atomic E-state index is 12.4. The van der Waals surface area contributed by atoms with Gasteiger partial charge in [-0.1, -0.05) is 28.1 Å². The number of para-hydroxylation sites is 1. The van der Waals surface area contributed by atoms with Crippen molar-refractivity contribution in [1.29, 1.82) is 0 Å². The molecule has 2 aromatic carbocycles. The maximum atomic E-state index is 12.4. The highest BCUT2D eigenvalue weighted by atomic mass is 79.9. The second-order valence-electron chi connectivity index (χ2n) is 5.85. The number of rotatable bonds is 7. The van der Waals surface area contributed by atoms with Gasteiger partial charge >= 0.3 is 0 Å². The second-order valence-corrected chi connectivity index (χ2v) is 6.77. The van der Waals surface area contributed by atoms with Gasteiger partial charge in [-0.25, -0.2) is 9.97 Å². The number of hydrazine groups is 2. The van der Waals surface area contributed by atoms with Gasteiger partial charge in [0.1, 0.15) is 17.8 Å². The molecule has 0 aliphatic rings. The molecule has 0 atom stereocenters. The van der Waals surface area contributed by atoms with Crippen LogP contribution >= 0.6 is 15.9 Å². The number of anilines is 3. The largest absolute Gasteiger partial charge is 0.496 e. The van der Waals surface area contributed by atoms with Crippen LogP contribution < -0.4 is 32.2 Å². The number of nitrogens with two attached hydrogens (primary N) is 1. The number of amides is 2. The van der Waals surface area contributed by atoms with E-state index in [0.717, 1.165) is 4.47 Å². The Morgan fingerprint density at radius 2 is 1.53 bits per heavy atom. The zero-order valence-corrected chi connectivity index (χ0v) is 17.4. The Morgan fingerprint density at radius 1 is 0.933 bits per heavy atom. The van der Waals surface area contributed by atoms with Crippen LogP contribution in [0.4, 0.5) is 17.3 Å². The van der Waals surface area contributed by atoms with Gasteiger partial charge in [0.05, 0.1) is 12.7 Å². The number of nitrogens with one attached hydrogen (secondary N) is 4. The second kappa shape index (κ2) is 9.56. The smallest absolute Gasteiger partial charge is 0.273 e. The molecule has 11 heteroatoms. The molecule has 0 spiro atoms. The van der Waals surface area contributed by atoms with Gasteiger partial charge < -0.3 is 10.5 Å². The van der Waals surface area contributed by atoms with Crippen molar-refractivity contribution in [3.8, 4) is 5.75 Å². The highest BCUT2D eigenvalue weighted by molar-refractivity contribution is 9.10. The van der Waals surface area contributed by atoms with Crippen LogP contribution in [0.1, 0.15) is 20.7 Å². The van der Waals surface area contributed by atoms with Gasteiger partial charge in [0.25, 0.3) is 11.8 Å². The molecule has 0 saturated carbocycles. The summed E-state index contributed by atoms with van der Waals surface area (Å²) in [7, 11) is 1.47. The van der Waals surface area contributed by atoms with Gasteiger partial charge in [0.2, 0.25) is 0 Å². The number of carbonyl (C=O) groups excluding carboxylic acids is 2. The molecule has 0 aliphatic carbocycles. The summed E-state index contributed by atoms with van der Waals surface area (Å²) in [6, 6.07) is 13.6. The molecule has 154 valence electrons. The Hall–Kier alpha value is -3.86. The molecular formula is C19H18BrN7O3. The van der Waals surface area contributed by atoms with Gasteiger partial charge in [-0.3, -0.25) is 31.3 Å². The summed E-state index contributed by atoms with van der Waals surface area (Å²) in [6.45, 7) is 0. The number of benzene rings is 2. The minimum Gasteiger partial charge on any atom is -0.496 e. The average Bonchev–Trinajstić information content (AvgIpc) is 2.77. The zero-order valence-electron chi connectivity index (χ0n) is 15.8. The van der Waals surface area contributed by atoms with Crippen molar-refractivity contribution in [2.45, 2.75) is 0 Å². The molecule has 3 rings (SSSR count). The van der Waals surface area contributed by atoms with Crippen molar-refractivity contribution in [2.75, 3.05) is 23.7 Å². The Labute approximate surface area is 180 Å². The number of ether oxygens (including phenoxy) is 1. The van der Waals surface area contributed by atoms with Crippen molar-refractivity contribution < 1.29 is 14.3 Å². The van der Waals surface area contributed by atoms with E-state index in [9.17, 15) is 9.59 Å². The molecule has 1 aromatic heterocycles. The predicted molar refractivity (Wildman–Crippen MR) is 116 cm³/mol. The van der Waals surface area contributed by atoms with Crippen LogP contribution in [0, 0.1) is 0 Å². The summed E-state index contributed by atoms with van der Waals surface area (Å²) in [6.07, 6.45) is 1.22. The molecular weight excluding hydrogens is 454 g/mol. The number of hydrogen-bond donors (Lipinski definition) is 5. The highest BCUT2D eigenvalue weighted by Crippen LogP contribution is 2.22. The summed E-state index contributed by atoms with van der Waals surface area (Å²) in [5.74, 6) is -0.0911. The minimum absolute atomic E-state index is 0.0916. The van der Waals surface area contributed by atoms with E-state index >= 15 is 0 Å². The molecule has 0 aliphatic heterocycles. The van der Waals surface area contributed by atoms with Gasteiger partial charge in [0.15, 0.2) is 11.6 Å². The predicted octanol–water partition coefficient (Wildman–Crippen LogP) is 2.34. The van der Waals surface area contributed by atoms with E-state index in [0.29, 0.717) is 16.9 Å². The third-order valence-corrected chi connectivity index (χ3v) is 4.46. The number of hydrogen-bond acceptors (Lipinski definition) is 8. The number of carbonyl (C=O) groups is 2. The molecule has 3 aromatic rings. The van der Waals surface area contributed by atoms with E-state index in [1.165, 1.54) is 13.4 Å². The van der Waals surface area contributed by atoms with Crippen LogP contribution in [0.15, 0.2) is 59.3 Å². The molecule has 0 saturated heterocycles. The number of aromatic nitrogens is 2. The van der Waals surface area contributed by atoms with E-state index in [2.05, 4.69) is 47.6 Å². The third-order valence-electron chi connectivity index (χ3n) is 3.93. The number of methoxy groups -OCH3 is 1. The first kappa shape index (κ1) is 20.9. The Bertz CT molecular complexity index is 1060. The van der Waals surface area contributed by atoms with E-state index in [1.807, 2.05) is 0 Å². The van der Waals surface area contributed by atoms with Gasteiger partial charge in [0, 0.05) is 10.0 Å². The number of halogens is 1. The molecule has 2 amide bonds. The van der Waals surface area contributed by atoms with Crippen LogP contribution in [0.5, 0.6) is 5.75 Å². The van der Waals surface area contributed by atoms with Crippen LogP contribution in [0.2, 0.25) is 0 Å². The lowest BCUT2D eigenvalue weighted by Crippen LogP contribution is -2.32. The SMILES string of the molecule is COc1ccccc1C(=O)NNc1ncnc(NNC(=O)c2ccc(Br)cc2)c1N. The fourth-order valence-electron chi connectivity index (χ4n) is 2.40. The number of nitrogen functional groups attached to an aromatic ring is 1. The van der Waals surface area contributed by atoms with Crippen LogP contribution in [-0.4, -0.2) is 28.9 Å². The summed E-state index contributed by atoms with van der Waals surface area (Å²) in [5, 5.41) is 0. The average molecular weight is 472 g/mol. The van der Waals surface area contributed by atoms with Crippen molar-refractivity contribution >= 4 is 45.1 Å². The first-order valence-electron chi connectivity index (χ1n) is 8.61. The lowest BCUT2D eigenvalue weighted by atomic mass is 10.2. The molecule has 1 heterocycles. The minimum atomic E-state index is -0.441. The standard InChI is InChI=1S/C19H18BrN7O3/c1-30-14-5-3-2-4-13(14)19(29)27-25-17-15(21)16(22-10-23-17)24-26-18(28)11-6-8-12(20)9-7-11/h2-10H,21H2,1H3,(H,26,28)(H,27,29)(H2,22,23,24,25). The maximum Gasteiger partial charge on any atom is 0.273 e. The fraction of sp³-hybridized carbons (Fsp3) is 0.0526. The van der Waals surface area contributed by atoms with Crippen LogP contribution in [0.25, 0.3) is 0 Å². The van der Waals surface area contributed by atoms with Crippen molar-refractivity contribution in [3.63, 3.8) is 0 Å². The van der Waals surface area contributed by atoms with E-state index < -0.39 is 5.91 Å². The van der Waals surface area contributed by atoms with Crippen molar-refractivity contribution in [2.24, 2.45) is 0 Å². The van der Waals surface area contributed by atoms with E-state index in [1.54, 1.807) is 48.5 Å². The van der Waals surface area contributed by atoms with E-state index in [-0.39, 0.29) is 23.2 Å². The Kier molecular flexibility index (Phi) is 6.65. The van der Waals surface area contributed by atoms with Crippen LogP contribution in [-0.2, 0) is 0 Å². The fourth-order valence-corrected chi connectivity index (χ4v) is 2.66. The zero-order chi connectivity index (χ0) is 21.5. The summed E-state index contributed by atoms with van der Waals surface area (Å²) >= 11 is 3.31. The lowest BCUT2D eigenvalue weighted by Gasteiger charge is -2.14. The molecule has 30 heavy (non-hydrogen) atoms. The molecule has 0 unspecified atom stereocenters. The first-order chi connectivity index (χ1) is 14.5. The molecule has 10 nitrogen and oxygen atoms in total. The van der Waals surface area contributed by atoms with Gasteiger partial charge in [-0.15, -0.1) is 0 Å². The van der Waals surface area contributed by atoms with E-state index in [4.69, 9.17) is 10.5 Å². The van der Waals surface area contributed by atoms with Crippen molar-refractivity contribution in [3.05, 3.63) is 70.5 Å². The molecule has 6 N–H and O–H groups in total. The lowest BCUT2D eigenvalue weighted by molar-refractivity contribution is 0.0953. The number of nitrogens with zero attached hydrogens (tertiary/aromatic N) is 2. The van der Waals surface area contributed by atoms with Gasteiger partial charge in [-0.05, 0) is 36.4 Å². The Balaban J connectivity index is 1.64. The summed E-state index contributed by atoms with van der Waals surface area (Å²) < 4.78 is 6.03. The quantitative estimate of drug-likeness (QED) is 0.330. The van der Waals surface area contributed by atoms with Crippen LogP contribution in [0.3, 0.4) is 0 Å². The molecule has 0 bridgehead atoms. The first-order valence-corrected chi connectivity index (χ1v) is 9.40. The monoisotopic (exact) mass is 471 g/mol. The van der Waals surface area contributed by atoms with Gasteiger partial charge in [-0.2, -0.15) is 0 Å². The topological polar surface area (TPSA) is 143 Å². The summed E-state index contributed by atoms with van der Waals surface area (Å²) in [4.78, 5) is 32.6. The molecule has 0 fully saturated rings. The third kappa shape index (κ3) is 4.94. The highest BCUT2D eigenvalue weighted by Gasteiger charge is 2.14. The summed E-state index contributed by atoms with van der Waals surface area (Å²) in [5.41, 5.74) is 17.2.